The van der Waals surface area contributed by atoms with Crippen LogP contribution in [0.5, 0.6) is 0 Å². The largest absolute Gasteiger partial charge is 0.358 e. The van der Waals surface area contributed by atoms with Crippen molar-refractivity contribution in [1.82, 2.24) is 10.2 Å². The van der Waals surface area contributed by atoms with Crippen LogP contribution in [0.15, 0.2) is 0 Å². The molecule has 0 radical (unpaired) electrons. The van der Waals surface area contributed by atoms with Crippen LogP contribution in [0, 0.1) is 5.92 Å². The van der Waals surface area contributed by atoms with E-state index in [1.165, 1.54) is 6.42 Å². The molecule has 1 saturated heterocycles. The quantitative estimate of drug-likeness (QED) is 0.653. The lowest BCUT2D eigenvalue weighted by molar-refractivity contribution is -0.121. The van der Waals surface area contributed by atoms with Gasteiger partial charge in [-0.15, -0.1) is 0 Å². The standard InChI is InChI=1S/C9H18N2O/c1-7-4-5-11(8(7)2)6-9(12)10-3/h7-8H,4-6H2,1-3H3,(H,10,12). The maximum atomic E-state index is 11.1. The Hall–Kier alpha value is -0.570. The summed E-state index contributed by atoms with van der Waals surface area (Å²) in [6, 6.07) is 0.558. The summed E-state index contributed by atoms with van der Waals surface area (Å²) in [6.07, 6.45) is 1.22. The molecule has 0 bridgehead atoms. The Kier molecular flexibility index (Phi) is 3.09. The number of nitrogens with zero attached hydrogens (tertiary/aromatic N) is 1. The van der Waals surface area contributed by atoms with Crippen molar-refractivity contribution in [2.45, 2.75) is 26.3 Å². The third-order valence-electron chi connectivity index (χ3n) is 2.90. The highest BCUT2D eigenvalue weighted by molar-refractivity contribution is 5.77. The minimum absolute atomic E-state index is 0.121. The summed E-state index contributed by atoms with van der Waals surface area (Å²) in [5, 5.41) is 2.65. The van der Waals surface area contributed by atoms with Crippen LogP contribution in [0.1, 0.15) is 20.3 Å². The fourth-order valence-electron chi connectivity index (χ4n) is 1.66. The molecule has 1 amide bonds. The number of likely N-dealkylation sites (tertiary alicyclic amines) is 1. The molecule has 0 aromatic heterocycles. The van der Waals surface area contributed by atoms with E-state index < -0.39 is 0 Å². The van der Waals surface area contributed by atoms with Gasteiger partial charge in [-0.2, -0.15) is 0 Å². The third-order valence-corrected chi connectivity index (χ3v) is 2.90. The van der Waals surface area contributed by atoms with Gasteiger partial charge < -0.3 is 5.32 Å². The highest BCUT2D eigenvalue weighted by Gasteiger charge is 2.27. The number of hydrogen-bond donors (Lipinski definition) is 1. The van der Waals surface area contributed by atoms with Crippen LogP contribution >= 0.6 is 0 Å². The number of likely N-dealkylation sites (N-methyl/N-ethyl adjacent to an activating group) is 1. The molecule has 2 unspecified atom stereocenters. The van der Waals surface area contributed by atoms with Crippen LogP contribution in [0.2, 0.25) is 0 Å². The Bertz CT molecular complexity index is 170. The number of carbonyl (C=O) groups is 1. The molecule has 1 fully saturated rings. The lowest BCUT2D eigenvalue weighted by Crippen LogP contribution is -2.38. The zero-order valence-electron chi connectivity index (χ0n) is 8.13. The predicted molar refractivity (Wildman–Crippen MR) is 48.9 cm³/mol. The van der Waals surface area contributed by atoms with Gasteiger partial charge in [0.15, 0.2) is 0 Å². The molecular weight excluding hydrogens is 152 g/mol. The summed E-state index contributed by atoms with van der Waals surface area (Å²) in [6.45, 7) is 6.06. The molecule has 0 aromatic carbocycles. The smallest absolute Gasteiger partial charge is 0.233 e. The molecule has 1 rings (SSSR count). The Morgan fingerprint density at radius 1 is 1.58 bits per heavy atom. The molecule has 3 nitrogen and oxygen atoms in total. The summed E-state index contributed by atoms with van der Waals surface area (Å²) in [7, 11) is 1.69. The van der Waals surface area contributed by atoms with Gasteiger partial charge >= 0.3 is 0 Å². The number of carbonyl (C=O) groups excluding carboxylic acids is 1. The van der Waals surface area contributed by atoms with E-state index in [-0.39, 0.29) is 5.91 Å². The van der Waals surface area contributed by atoms with E-state index in [1.807, 2.05) is 0 Å². The van der Waals surface area contributed by atoms with Gasteiger partial charge in [-0.05, 0) is 25.8 Å². The van der Waals surface area contributed by atoms with Crippen LogP contribution in [-0.2, 0) is 4.79 Å². The summed E-state index contributed by atoms with van der Waals surface area (Å²) in [4.78, 5) is 13.3. The number of nitrogens with one attached hydrogen (secondary N) is 1. The van der Waals surface area contributed by atoms with Gasteiger partial charge in [-0.1, -0.05) is 6.92 Å². The van der Waals surface area contributed by atoms with Gasteiger partial charge in [0, 0.05) is 13.1 Å². The molecule has 12 heavy (non-hydrogen) atoms. The fraction of sp³-hybridized carbons (Fsp3) is 0.889. The van der Waals surface area contributed by atoms with Gasteiger partial charge in [0.05, 0.1) is 6.54 Å². The maximum absolute atomic E-state index is 11.1. The molecule has 0 aromatic rings. The average molecular weight is 170 g/mol. The number of hydrogen-bond acceptors (Lipinski definition) is 2. The average Bonchev–Trinajstić information content (AvgIpc) is 2.36. The molecule has 1 aliphatic heterocycles. The van der Waals surface area contributed by atoms with Gasteiger partial charge in [-0.25, -0.2) is 0 Å². The van der Waals surface area contributed by atoms with Crippen LogP contribution in [0.3, 0.4) is 0 Å². The second-order valence-electron chi connectivity index (χ2n) is 3.65. The first kappa shape index (κ1) is 9.52. The van der Waals surface area contributed by atoms with Gasteiger partial charge in [-0.3, -0.25) is 9.69 Å². The highest BCUT2D eigenvalue weighted by Crippen LogP contribution is 2.22. The van der Waals surface area contributed by atoms with E-state index in [4.69, 9.17) is 0 Å². The Balaban J connectivity index is 2.38. The number of amides is 1. The number of rotatable bonds is 2. The molecule has 3 heteroatoms. The predicted octanol–water partition coefficient (Wildman–Crippen LogP) is 0.463. The van der Waals surface area contributed by atoms with E-state index in [2.05, 4.69) is 24.1 Å². The Morgan fingerprint density at radius 2 is 2.25 bits per heavy atom. The van der Waals surface area contributed by atoms with Crippen LogP contribution in [0.4, 0.5) is 0 Å². The molecule has 0 aliphatic carbocycles. The van der Waals surface area contributed by atoms with Crippen LogP contribution < -0.4 is 5.32 Å². The zero-order valence-corrected chi connectivity index (χ0v) is 8.13. The molecule has 2 atom stereocenters. The summed E-state index contributed by atoms with van der Waals surface area (Å²) in [5.74, 6) is 0.852. The topological polar surface area (TPSA) is 32.3 Å². The van der Waals surface area contributed by atoms with E-state index in [9.17, 15) is 4.79 Å². The van der Waals surface area contributed by atoms with Gasteiger partial charge in [0.1, 0.15) is 0 Å². The first-order valence-electron chi connectivity index (χ1n) is 4.59. The van der Waals surface area contributed by atoms with E-state index in [0.29, 0.717) is 12.6 Å². The van der Waals surface area contributed by atoms with Crippen molar-refractivity contribution < 1.29 is 4.79 Å². The monoisotopic (exact) mass is 170 g/mol. The van der Waals surface area contributed by atoms with Crippen molar-refractivity contribution in [2.75, 3.05) is 20.1 Å². The Morgan fingerprint density at radius 3 is 2.67 bits per heavy atom. The lowest BCUT2D eigenvalue weighted by Gasteiger charge is -2.21. The van der Waals surface area contributed by atoms with Crippen molar-refractivity contribution in [3.8, 4) is 0 Å². The molecule has 1 N–H and O–H groups in total. The molecule has 70 valence electrons. The first-order chi connectivity index (χ1) is 5.65. The molecular formula is C9H18N2O. The third kappa shape index (κ3) is 1.97. The normalized spacial score (nSPS) is 30.6. The van der Waals surface area contributed by atoms with Crippen LogP contribution in [0.25, 0.3) is 0 Å². The second-order valence-corrected chi connectivity index (χ2v) is 3.65. The minimum atomic E-state index is 0.121. The Labute approximate surface area is 74.1 Å². The fourth-order valence-corrected chi connectivity index (χ4v) is 1.66. The maximum Gasteiger partial charge on any atom is 0.233 e. The first-order valence-corrected chi connectivity index (χ1v) is 4.59. The summed E-state index contributed by atoms with van der Waals surface area (Å²) >= 11 is 0. The summed E-state index contributed by atoms with van der Waals surface area (Å²) < 4.78 is 0. The zero-order chi connectivity index (χ0) is 9.14. The summed E-state index contributed by atoms with van der Waals surface area (Å²) in [5.41, 5.74) is 0. The second kappa shape index (κ2) is 3.90. The van der Waals surface area contributed by atoms with E-state index in [0.717, 1.165) is 12.5 Å². The minimum Gasteiger partial charge on any atom is -0.358 e. The molecule has 0 saturated carbocycles. The van der Waals surface area contributed by atoms with E-state index in [1.54, 1.807) is 7.05 Å². The molecule has 1 aliphatic rings. The van der Waals surface area contributed by atoms with E-state index >= 15 is 0 Å². The SMILES string of the molecule is CNC(=O)CN1CCC(C)C1C. The van der Waals surface area contributed by atoms with Crippen molar-refractivity contribution in [1.29, 1.82) is 0 Å². The lowest BCUT2D eigenvalue weighted by atomic mass is 10.1. The molecule has 1 heterocycles. The van der Waals surface area contributed by atoms with Crippen molar-refractivity contribution in [2.24, 2.45) is 5.92 Å². The van der Waals surface area contributed by atoms with Gasteiger partial charge in [0.25, 0.3) is 0 Å². The highest BCUT2D eigenvalue weighted by atomic mass is 16.1. The van der Waals surface area contributed by atoms with Gasteiger partial charge in [0.2, 0.25) is 5.91 Å². The molecule has 0 spiro atoms. The van der Waals surface area contributed by atoms with Crippen molar-refractivity contribution in [3.63, 3.8) is 0 Å². The van der Waals surface area contributed by atoms with Crippen molar-refractivity contribution in [3.05, 3.63) is 0 Å². The van der Waals surface area contributed by atoms with Crippen molar-refractivity contribution >= 4 is 5.91 Å². The van der Waals surface area contributed by atoms with Crippen LogP contribution in [-0.4, -0.2) is 37.0 Å².